The number of hydrogen-bond acceptors (Lipinski definition) is 4. The zero-order valence-electron chi connectivity index (χ0n) is 19.2. The number of halogens is 1. The summed E-state index contributed by atoms with van der Waals surface area (Å²) in [6, 6.07) is 2.13. The number of rotatable bonds is 3. The van der Waals surface area contributed by atoms with Crippen LogP contribution in [0.2, 0.25) is 0 Å². The third-order valence-electron chi connectivity index (χ3n) is 10.9. The molecule has 5 aliphatic rings. The van der Waals surface area contributed by atoms with E-state index < -0.39 is 11.3 Å². The maximum absolute atomic E-state index is 16.6. The van der Waals surface area contributed by atoms with Gasteiger partial charge in [-0.2, -0.15) is 10.4 Å². The Morgan fingerprint density at radius 1 is 1.19 bits per heavy atom. The molecular weight excluding hydrogens is 405 g/mol. The molecule has 5 aliphatic carbocycles. The molecule has 0 amide bonds. The van der Waals surface area contributed by atoms with Crippen LogP contribution in [0, 0.1) is 59.2 Å². The minimum Gasteiger partial charge on any atom is -0.390 e. The van der Waals surface area contributed by atoms with E-state index in [0.29, 0.717) is 30.2 Å². The van der Waals surface area contributed by atoms with Crippen LogP contribution in [-0.4, -0.2) is 31.9 Å². The third kappa shape index (κ3) is 2.64. The fraction of sp³-hybridized carbons (Fsp3) is 0.808. The molecule has 1 aromatic rings. The molecule has 5 nitrogen and oxygen atoms in total. The SMILES string of the molecule is Cc1c(C#N)cnn1CC(=O)[C@@H]1CC[C@H]2[C@@H]3CC[C@@H]4C5C[C@@]5(O)CC[C@]4(F)[C@H]3CC[C@]12C. The molecule has 1 aromatic heterocycles. The van der Waals surface area contributed by atoms with Crippen LogP contribution in [-0.2, 0) is 11.3 Å². The van der Waals surface area contributed by atoms with Gasteiger partial charge in [0, 0.05) is 5.92 Å². The molecule has 0 saturated heterocycles. The minimum atomic E-state index is -1.11. The molecule has 6 rings (SSSR count). The van der Waals surface area contributed by atoms with E-state index in [4.69, 9.17) is 0 Å². The van der Waals surface area contributed by atoms with Gasteiger partial charge >= 0.3 is 0 Å². The predicted octanol–water partition coefficient (Wildman–Crippen LogP) is 4.35. The molecule has 0 bridgehead atoms. The van der Waals surface area contributed by atoms with E-state index in [1.54, 1.807) is 4.68 Å². The fourth-order valence-corrected chi connectivity index (χ4v) is 9.12. The van der Waals surface area contributed by atoms with E-state index in [1.165, 1.54) is 6.20 Å². The number of alkyl halides is 1. The second kappa shape index (κ2) is 6.65. The maximum Gasteiger partial charge on any atom is 0.157 e. The standard InChI is InChI=1S/C26H34FN3O2/c1-15-16(12-28)13-29-30(15)14-23(31)21-6-5-18-17-3-4-20-22-11-25(22,32)9-10-26(20,27)19(17)7-8-24(18,21)2/h13,17-22,32H,3-11,14H2,1-2H3/t17-,18-,19-,20+,21-,22?,24-,25-,26-/m0/s1. The van der Waals surface area contributed by atoms with Crippen molar-refractivity contribution in [2.45, 2.75) is 89.4 Å². The van der Waals surface area contributed by atoms with Gasteiger partial charge in [-0.25, -0.2) is 4.39 Å². The third-order valence-corrected chi connectivity index (χ3v) is 10.9. The highest BCUT2D eigenvalue weighted by Crippen LogP contribution is 2.71. The fourth-order valence-electron chi connectivity index (χ4n) is 9.12. The van der Waals surface area contributed by atoms with Crippen molar-refractivity contribution in [2.75, 3.05) is 0 Å². The Balaban J connectivity index is 1.22. The van der Waals surface area contributed by atoms with Gasteiger partial charge < -0.3 is 5.11 Å². The van der Waals surface area contributed by atoms with E-state index in [1.807, 2.05) is 6.92 Å². The van der Waals surface area contributed by atoms with Crippen LogP contribution in [0.25, 0.3) is 0 Å². The molecule has 1 heterocycles. The van der Waals surface area contributed by atoms with Gasteiger partial charge in [0.15, 0.2) is 5.78 Å². The summed E-state index contributed by atoms with van der Waals surface area (Å²) in [6.45, 7) is 4.36. The number of Topliss-reactive ketones (excluding diaryl/α,β-unsaturated/α-hetero) is 1. The van der Waals surface area contributed by atoms with Gasteiger partial charge in [-0.05, 0) is 99.7 Å². The Labute approximate surface area is 189 Å². The Morgan fingerprint density at radius 2 is 1.97 bits per heavy atom. The normalized spacial score (nSPS) is 48.7. The summed E-state index contributed by atoms with van der Waals surface area (Å²) in [5, 5.41) is 24.1. The first-order valence-electron chi connectivity index (χ1n) is 12.6. The quantitative estimate of drug-likeness (QED) is 0.759. The van der Waals surface area contributed by atoms with Gasteiger partial charge in [0.05, 0.1) is 23.1 Å². The van der Waals surface area contributed by atoms with E-state index in [2.05, 4.69) is 18.1 Å². The number of carbonyl (C=O) groups is 1. The van der Waals surface area contributed by atoms with Crippen molar-refractivity contribution in [3.63, 3.8) is 0 Å². The molecule has 9 atom stereocenters. The smallest absolute Gasteiger partial charge is 0.157 e. The van der Waals surface area contributed by atoms with Crippen LogP contribution in [0.3, 0.4) is 0 Å². The molecule has 32 heavy (non-hydrogen) atoms. The summed E-state index contributed by atoms with van der Waals surface area (Å²) in [7, 11) is 0. The first-order valence-corrected chi connectivity index (χ1v) is 12.6. The van der Waals surface area contributed by atoms with Crippen LogP contribution in [0.15, 0.2) is 6.20 Å². The van der Waals surface area contributed by atoms with Crippen LogP contribution >= 0.6 is 0 Å². The van der Waals surface area contributed by atoms with Crippen molar-refractivity contribution >= 4 is 5.78 Å². The lowest BCUT2D eigenvalue weighted by atomic mass is 9.48. The van der Waals surface area contributed by atoms with Gasteiger partial charge in [0.25, 0.3) is 0 Å². The summed E-state index contributed by atoms with van der Waals surface area (Å²) in [5.41, 5.74) is -0.458. The number of carbonyl (C=O) groups excluding carboxylic acids is 1. The largest absolute Gasteiger partial charge is 0.390 e. The molecule has 0 aromatic carbocycles. The topological polar surface area (TPSA) is 78.9 Å². The van der Waals surface area contributed by atoms with E-state index in [-0.39, 0.29) is 41.4 Å². The Morgan fingerprint density at radius 3 is 2.72 bits per heavy atom. The molecule has 0 spiro atoms. The zero-order valence-corrected chi connectivity index (χ0v) is 19.2. The highest BCUT2D eigenvalue weighted by atomic mass is 19.1. The van der Waals surface area contributed by atoms with Gasteiger partial charge in [-0.3, -0.25) is 9.48 Å². The molecule has 1 unspecified atom stereocenters. The molecule has 172 valence electrons. The number of nitriles is 1. The first kappa shape index (κ1) is 20.8. The van der Waals surface area contributed by atoms with E-state index in [9.17, 15) is 15.2 Å². The summed E-state index contributed by atoms with van der Waals surface area (Å²) in [6.07, 6.45) is 9.16. The number of hydrogen-bond donors (Lipinski definition) is 1. The number of aliphatic hydroxyl groups is 1. The molecule has 0 aliphatic heterocycles. The predicted molar refractivity (Wildman–Crippen MR) is 116 cm³/mol. The highest BCUT2D eigenvalue weighted by molar-refractivity contribution is 5.82. The second-order valence-corrected chi connectivity index (χ2v) is 12.0. The van der Waals surface area contributed by atoms with E-state index in [0.717, 1.165) is 50.6 Å². The van der Waals surface area contributed by atoms with Gasteiger partial charge in [0.1, 0.15) is 18.3 Å². The lowest BCUT2D eigenvalue weighted by Crippen LogP contribution is -2.57. The minimum absolute atomic E-state index is 0.00394. The summed E-state index contributed by atoms with van der Waals surface area (Å²) >= 11 is 0. The van der Waals surface area contributed by atoms with Crippen molar-refractivity contribution in [1.29, 1.82) is 5.26 Å². The van der Waals surface area contributed by atoms with Crippen LogP contribution in [0.4, 0.5) is 4.39 Å². The lowest BCUT2D eigenvalue weighted by Gasteiger charge is -2.58. The van der Waals surface area contributed by atoms with Crippen molar-refractivity contribution in [1.82, 2.24) is 9.78 Å². The van der Waals surface area contributed by atoms with Crippen molar-refractivity contribution in [3.05, 3.63) is 17.5 Å². The van der Waals surface area contributed by atoms with Gasteiger partial charge in [0.2, 0.25) is 0 Å². The average molecular weight is 440 g/mol. The van der Waals surface area contributed by atoms with E-state index >= 15 is 4.39 Å². The number of fused-ring (bicyclic) bond motifs is 7. The van der Waals surface area contributed by atoms with Crippen LogP contribution in [0.5, 0.6) is 0 Å². The monoisotopic (exact) mass is 439 g/mol. The van der Waals surface area contributed by atoms with Crippen molar-refractivity contribution in [2.24, 2.45) is 40.9 Å². The second-order valence-electron chi connectivity index (χ2n) is 12.0. The first-order chi connectivity index (χ1) is 15.2. The summed E-state index contributed by atoms with van der Waals surface area (Å²) in [4.78, 5) is 13.4. The number of nitrogens with zero attached hydrogens (tertiary/aromatic N) is 3. The molecule has 6 heteroatoms. The summed E-state index contributed by atoms with van der Waals surface area (Å²) < 4.78 is 18.3. The molecular formula is C26H34FN3O2. The average Bonchev–Trinajstić information content (AvgIpc) is 3.14. The zero-order chi connectivity index (χ0) is 22.5. The van der Waals surface area contributed by atoms with Gasteiger partial charge in [-0.1, -0.05) is 6.92 Å². The van der Waals surface area contributed by atoms with Crippen LogP contribution in [0.1, 0.15) is 76.0 Å². The van der Waals surface area contributed by atoms with Crippen LogP contribution < -0.4 is 0 Å². The van der Waals surface area contributed by atoms with Crippen molar-refractivity contribution in [3.8, 4) is 6.07 Å². The molecule has 5 saturated carbocycles. The lowest BCUT2D eigenvalue weighted by molar-refractivity contribution is -0.153. The Bertz CT molecular complexity index is 1020. The Kier molecular flexibility index (Phi) is 4.33. The number of aromatic nitrogens is 2. The molecule has 5 fully saturated rings. The van der Waals surface area contributed by atoms with Gasteiger partial charge in [-0.15, -0.1) is 0 Å². The molecule has 0 radical (unpaired) electrons. The van der Waals surface area contributed by atoms with Crippen molar-refractivity contribution < 1.29 is 14.3 Å². The highest BCUT2D eigenvalue weighted by Gasteiger charge is 2.71. The number of ketones is 1. The maximum atomic E-state index is 16.6. The summed E-state index contributed by atoms with van der Waals surface area (Å²) in [5.74, 6) is 1.33. The Hall–Kier alpha value is -1.74. The molecule has 1 N–H and O–H groups in total.